The van der Waals surface area contributed by atoms with Gasteiger partial charge in [-0.15, -0.1) is 0 Å². The molecule has 0 heterocycles. The number of carbonyl (C=O) groups excluding carboxylic acids is 2. The Bertz CT molecular complexity index is 1160. The average Bonchev–Trinajstić information content (AvgIpc) is 2.74. The highest BCUT2D eigenvalue weighted by Gasteiger charge is 2.14. The summed E-state index contributed by atoms with van der Waals surface area (Å²) in [5.41, 5.74) is 1.70. The lowest BCUT2D eigenvalue weighted by atomic mass is 10.0. The smallest absolute Gasteiger partial charge is 0.258 e. The molecule has 0 aliphatic rings. The fraction of sp³-hybridized carbons (Fsp3) is 0.174. The van der Waals surface area contributed by atoms with Crippen molar-refractivity contribution in [2.75, 3.05) is 17.7 Å². The van der Waals surface area contributed by atoms with Crippen molar-refractivity contribution < 1.29 is 14.3 Å². The van der Waals surface area contributed by atoms with E-state index in [1.807, 2.05) is 44.2 Å². The molecule has 3 aromatic rings. The minimum atomic E-state index is -0.311. The van der Waals surface area contributed by atoms with Crippen molar-refractivity contribution in [1.29, 1.82) is 0 Å². The summed E-state index contributed by atoms with van der Waals surface area (Å²) in [6.45, 7) is 3.63. The van der Waals surface area contributed by atoms with E-state index in [4.69, 9.17) is 17.0 Å². The Kier molecular flexibility index (Phi) is 7.25. The Morgan fingerprint density at radius 2 is 1.71 bits per heavy atom. The van der Waals surface area contributed by atoms with Crippen LogP contribution in [-0.2, 0) is 4.79 Å². The van der Waals surface area contributed by atoms with Crippen LogP contribution in [0.15, 0.2) is 59.1 Å². The minimum Gasteiger partial charge on any atom is -0.494 e. The largest absolute Gasteiger partial charge is 0.494 e. The summed E-state index contributed by atoms with van der Waals surface area (Å²) >= 11 is 8.82. The number of hydrogen-bond donors (Lipinski definition) is 3. The van der Waals surface area contributed by atoms with Crippen LogP contribution in [0.3, 0.4) is 0 Å². The van der Waals surface area contributed by atoms with Crippen LogP contribution in [0.25, 0.3) is 10.8 Å². The van der Waals surface area contributed by atoms with Crippen molar-refractivity contribution in [1.82, 2.24) is 5.32 Å². The van der Waals surface area contributed by atoms with Crippen molar-refractivity contribution >= 4 is 67.2 Å². The zero-order chi connectivity index (χ0) is 22.5. The lowest BCUT2D eigenvalue weighted by Crippen LogP contribution is -2.34. The Morgan fingerprint density at radius 1 is 1.00 bits per heavy atom. The summed E-state index contributed by atoms with van der Waals surface area (Å²) in [6.07, 6.45) is 0. The van der Waals surface area contributed by atoms with Gasteiger partial charge in [-0.05, 0) is 47.3 Å². The number of benzene rings is 3. The summed E-state index contributed by atoms with van der Waals surface area (Å²) < 4.78 is 6.28. The number of nitrogens with one attached hydrogen (secondary N) is 3. The molecule has 6 nitrogen and oxygen atoms in total. The first-order valence-corrected chi connectivity index (χ1v) is 10.8. The molecule has 0 atom stereocenters. The molecule has 0 saturated heterocycles. The van der Waals surface area contributed by atoms with Crippen LogP contribution in [0.5, 0.6) is 5.75 Å². The highest BCUT2D eigenvalue weighted by Crippen LogP contribution is 2.29. The van der Waals surface area contributed by atoms with Crippen molar-refractivity contribution in [3.63, 3.8) is 0 Å². The van der Waals surface area contributed by atoms with Gasteiger partial charge in [0.1, 0.15) is 5.75 Å². The van der Waals surface area contributed by atoms with E-state index in [0.717, 1.165) is 15.2 Å². The molecular weight excluding hydrogens is 478 g/mol. The third-order valence-corrected chi connectivity index (χ3v) is 5.48. The van der Waals surface area contributed by atoms with Gasteiger partial charge in [0.25, 0.3) is 5.91 Å². The van der Waals surface area contributed by atoms with Crippen molar-refractivity contribution in [2.24, 2.45) is 5.92 Å². The van der Waals surface area contributed by atoms with E-state index >= 15 is 0 Å². The fourth-order valence-electron chi connectivity index (χ4n) is 2.95. The predicted octanol–water partition coefficient (Wildman–Crippen LogP) is 5.33. The van der Waals surface area contributed by atoms with E-state index in [1.54, 1.807) is 24.3 Å². The Hall–Kier alpha value is -2.97. The lowest BCUT2D eigenvalue weighted by Gasteiger charge is -2.15. The zero-order valence-electron chi connectivity index (χ0n) is 17.3. The first kappa shape index (κ1) is 22.7. The van der Waals surface area contributed by atoms with Gasteiger partial charge in [0.05, 0.1) is 12.8 Å². The molecule has 0 fully saturated rings. The Balaban J connectivity index is 1.73. The van der Waals surface area contributed by atoms with Gasteiger partial charge in [-0.2, -0.15) is 0 Å². The second kappa shape index (κ2) is 9.89. The summed E-state index contributed by atoms with van der Waals surface area (Å²) in [7, 11) is 1.52. The molecule has 0 aliphatic carbocycles. The highest BCUT2D eigenvalue weighted by molar-refractivity contribution is 9.10. The van der Waals surface area contributed by atoms with Gasteiger partial charge in [0, 0.05) is 27.7 Å². The monoisotopic (exact) mass is 499 g/mol. The maximum absolute atomic E-state index is 12.8. The van der Waals surface area contributed by atoms with Gasteiger partial charge in [-0.1, -0.05) is 54.0 Å². The van der Waals surface area contributed by atoms with E-state index < -0.39 is 0 Å². The molecule has 0 bridgehead atoms. The molecule has 0 saturated carbocycles. The molecule has 160 valence electrons. The second-order valence-electron chi connectivity index (χ2n) is 7.11. The third kappa shape index (κ3) is 5.39. The van der Waals surface area contributed by atoms with Crippen LogP contribution >= 0.6 is 28.1 Å². The van der Waals surface area contributed by atoms with Crippen molar-refractivity contribution in [3.05, 3.63) is 64.6 Å². The number of hydrogen-bond acceptors (Lipinski definition) is 4. The molecule has 3 rings (SSSR count). The maximum Gasteiger partial charge on any atom is 0.258 e. The number of methoxy groups -OCH3 is 1. The number of fused-ring (bicyclic) bond motifs is 1. The van der Waals surface area contributed by atoms with E-state index in [-0.39, 0.29) is 22.8 Å². The van der Waals surface area contributed by atoms with Crippen LogP contribution in [0, 0.1) is 5.92 Å². The summed E-state index contributed by atoms with van der Waals surface area (Å²) in [5, 5.41) is 10.4. The normalized spacial score (nSPS) is 10.6. The van der Waals surface area contributed by atoms with Crippen molar-refractivity contribution in [3.8, 4) is 5.75 Å². The molecule has 3 N–H and O–H groups in total. The Labute approximate surface area is 194 Å². The molecule has 8 heteroatoms. The molecule has 0 aromatic heterocycles. The van der Waals surface area contributed by atoms with Gasteiger partial charge in [-0.3, -0.25) is 14.9 Å². The van der Waals surface area contributed by atoms with E-state index in [2.05, 4.69) is 31.9 Å². The SMILES string of the molecule is COc1cc(NC(=S)NC(=O)c2cccc3c(Br)cccc23)ccc1NC(=O)C(C)C. The summed E-state index contributed by atoms with van der Waals surface area (Å²) in [6, 6.07) is 16.4. The molecule has 0 aliphatic heterocycles. The molecule has 0 spiro atoms. The zero-order valence-corrected chi connectivity index (χ0v) is 19.7. The molecule has 3 aromatic carbocycles. The van der Waals surface area contributed by atoms with Gasteiger partial charge < -0.3 is 15.4 Å². The summed E-state index contributed by atoms with van der Waals surface area (Å²) in [5.74, 6) is -0.0930. The Morgan fingerprint density at radius 3 is 2.42 bits per heavy atom. The van der Waals surface area contributed by atoms with E-state index in [1.165, 1.54) is 7.11 Å². The van der Waals surface area contributed by atoms with Gasteiger partial charge in [-0.25, -0.2) is 0 Å². The van der Waals surface area contributed by atoms with Crippen LogP contribution in [0.4, 0.5) is 11.4 Å². The van der Waals surface area contributed by atoms with E-state index in [9.17, 15) is 9.59 Å². The number of halogens is 1. The second-order valence-corrected chi connectivity index (χ2v) is 8.37. The first-order valence-electron chi connectivity index (χ1n) is 9.58. The van der Waals surface area contributed by atoms with Crippen molar-refractivity contribution in [2.45, 2.75) is 13.8 Å². The molecule has 0 unspecified atom stereocenters. The first-order chi connectivity index (χ1) is 14.8. The maximum atomic E-state index is 12.8. The van der Waals surface area contributed by atoms with Crippen LogP contribution < -0.4 is 20.7 Å². The number of ether oxygens (including phenoxy) is 1. The minimum absolute atomic E-state index is 0.108. The lowest BCUT2D eigenvalue weighted by molar-refractivity contribution is -0.118. The highest BCUT2D eigenvalue weighted by atomic mass is 79.9. The predicted molar refractivity (Wildman–Crippen MR) is 132 cm³/mol. The average molecular weight is 500 g/mol. The third-order valence-electron chi connectivity index (χ3n) is 4.58. The van der Waals surface area contributed by atoms with Gasteiger partial charge in [0.15, 0.2) is 5.11 Å². The number of carbonyl (C=O) groups is 2. The van der Waals surface area contributed by atoms with Crippen LogP contribution in [0.1, 0.15) is 24.2 Å². The van der Waals surface area contributed by atoms with Crippen LogP contribution in [-0.4, -0.2) is 24.0 Å². The van der Waals surface area contributed by atoms with Gasteiger partial charge in [0.2, 0.25) is 5.91 Å². The molecule has 31 heavy (non-hydrogen) atoms. The number of thiocarbonyl (C=S) groups is 1. The summed E-state index contributed by atoms with van der Waals surface area (Å²) in [4.78, 5) is 24.8. The molecule has 0 radical (unpaired) electrons. The quantitative estimate of drug-likeness (QED) is 0.413. The number of amides is 2. The standard InChI is InChI=1S/C23H22BrN3O3S/c1-13(2)21(28)26-19-11-10-14(12-20(19)30-3)25-23(31)27-22(29)17-8-4-7-16-15(17)6-5-9-18(16)24/h4-13H,1-3H3,(H,26,28)(H2,25,27,29,31). The van der Waals surface area contributed by atoms with Gasteiger partial charge >= 0.3 is 0 Å². The van der Waals surface area contributed by atoms with Crippen LogP contribution in [0.2, 0.25) is 0 Å². The fourth-order valence-corrected chi connectivity index (χ4v) is 3.66. The molecule has 2 amide bonds. The number of anilines is 2. The topological polar surface area (TPSA) is 79.5 Å². The number of rotatable bonds is 5. The van der Waals surface area contributed by atoms with E-state index in [0.29, 0.717) is 22.7 Å². The molecular formula is C23H22BrN3O3S.